The minimum atomic E-state index is -3.59. The Balaban J connectivity index is 2.30. The van der Waals surface area contributed by atoms with Gasteiger partial charge in [0.05, 0.1) is 4.90 Å². The normalized spacial score (nSPS) is 17.1. The molecule has 7 heteroatoms. The number of hydrogen-bond donors (Lipinski definition) is 2. The maximum atomic E-state index is 12.6. The molecule has 2 N–H and O–H groups in total. The minimum Gasteiger partial charge on any atom is -0.316 e. The summed E-state index contributed by atoms with van der Waals surface area (Å²) in [6, 6.07) is 3.32. The van der Waals surface area contributed by atoms with E-state index in [2.05, 4.69) is 10.1 Å². The van der Waals surface area contributed by atoms with E-state index >= 15 is 0 Å². The molecule has 21 heavy (non-hydrogen) atoms. The van der Waals surface area contributed by atoms with Crippen molar-refractivity contribution in [3.63, 3.8) is 0 Å². The smallest absolute Gasteiger partial charge is 0.253 e. The molecule has 118 valence electrons. The lowest BCUT2D eigenvalue weighted by Gasteiger charge is -2.27. The molecule has 1 aliphatic rings. The van der Waals surface area contributed by atoms with Crippen LogP contribution in [-0.2, 0) is 16.6 Å². The van der Waals surface area contributed by atoms with Crippen molar-refractivity contribution in [1.82, 2.24) is 15.2 Å². The summed E-state index contributed by atoms with van der Waals surface area (Å²) in [5, 5.41) is 5.24. The fraction of sp³-hybridized carbons (Fsp3) is 0.571. The van der Waals surface area contributed by atoms with E-state index in [-0.39, 0.29) is 4.90 Å². The van der Waals surface area contributed by atoms with Crippen LogP contribution in [0.1, 0.15) is 30.4 Å². The summed E-state index contributed by atoms with van der Waals surface area (Å²) in [6.07, 6.45) is 3.19. The monoisotopic (exact) mass is 331 g/mol. The van der Waals surface area contributed by atoms with Gasteiger partial charge in [0.15, 0.2) is 0 Å². The summed E-state index contributed by atoms with van der Waals surface area (Å²) in [4.78, 5) is 2.93. The van der Waals surface area contributed by atoms with Gasteiger partial charge >= 0.3 is 0 Å². The van der Waals surface area contributed by atoms with E-state index in [1.165, 1.54) is 6.07 Å². The summed E-state index contributed by atoms with van der Waals surface area (Å²) in [5.41, 5.74) is 1.63. The van der Waals surface area contributed by atoms with Crippen LogP contribution in [0.15, 0.2) is 17.0 Å². The third kappa shape index (κ3) is 4.17. The first kappa shape index (κ1) is 16.7. The van der Waals surface area contributed by atoms with E-state index in [4.69, 9.17) is 11.6 Å². The van der Waals surface area contributed by atoms with E-state index < -0.39 is 10.0 Å². The van der Waals surface area contributed by atoms with Crippen molar-refractivity contribution in [2.75, 3.05) is 20.1 Å². The van der Waals surface area contributed by atoms with E-state index in [0.717, 1.165) is 43.5 Å². The lowest BCUT2D eigenvalue weighted by Crippen LogP contribution is -2.45. The molecular formula is C14H22ClN3O2S. The Morgan fingerprint density at radius 1 is 1.24 bits per heavy atom. The van der Waals surface area contributed by atoms with Crippen LogP contribution in [0.2, 0.25) is 5.02 Å². The Labute approximate surface area is 131 Å². The average molecular weight is 332 g/mol. The summed E-state index contributed by atoms with van der Waals surface area (Å²) >= 11 is 6.07. The van der Waals surface area contributed by atoms with Crippen molar-refractivity contribution in [2.24, 2.45) is 0 Å². The highest BCUT2D eigenvalue weighted by atomic mass is 35.5. The van der Waals surface area contributed by atoms with Gasteiger partial charge in [-0.05, 0) is 50.1 Å². The number of hydrogen-bond acceptors (Lipinski definition) is 4. The van der Waals surface area contributed by atoms with Crippen LogP contribution in [0.3, 0.4) is 0 Å². The second-order valence-electron chi connectivity index (χ2n) is 5.36. The SMILES string of the molecule is CNCc1cc(Cl)cc(S(=O)(=O)NN2CCCCC2)c1C. The fourth-order valence-electron chi connectivity index (χ4n) is 2.57. The molecule has 0 atom stereocenters. The Bertz CT molecular complexity index is 598. The molecule has 0 aromatic heterocycles. The average Bonchev–Trinajstić information content (AvgIpc) is 2.43. The third-order valence-corrected chi connectivity index (χ3v) is 5.41. The van der Waals surface area contributed by atoms with Crippen LogP contribution in [-0.4, -0.2) is 33.6 Å². The van der Waals surface area contributed by atoms with Crippen LogP contribution < -0.4 is 10.1 Å². The number of hydrazine groups is 1. The van der Waals surface area contributed by atoms with Gasteiger partial charge in [-0.1, -0.05) is 18.0 Å². The van der Waals surface area contributed by atoms with Crippen molar-refractivity contribution >= 4 is 21.6 Å². The zero-order chi connectivity index (χ0) is 15.5. The molecule has 1 aliphatic heterocycles. The van der Waals surface area contributed by atoms with E-state index in [1.807, 2.05) is 14.0 Å². The van der Waals surface area contributed by atoms with E-state index in [9.17, 15) is 8.42 Å². The number of sulfonamides is 1. The molecule has 1 aromatic carbocycles. The van der Waals surface area contributed by atoms with Gasteiger partial charge in [-0.2, -0.15) is 0 Å². The van der Waals surface area contributed by atoms with Crippen molar-refractivity contribution in [3.05, 3.63) is 28.3 Å². The predicted octanol–water partition coefficient (Wildman–Crippen LogP) is 2.05. The first-order valence-corrected chi connectivity index (χ1v) is 9.01. The highest BCUT2D eigenvalue weighted by Crippen LogP contribution is 2.25. The summed E-state index contributed by atoms with van der Waals surface area (Å²) in [7, 11) is -1.77. The number of nitrogens with zero attached hydrogens (tertiary/aromatic N) is 1. The molecule has 0 bridgehead atoms. The summed E-state index contributed by atoms with van der Waals surface area (Å²) in [5.74, 6) is 0. The van der Waals surface area contributed by atoms with Crippen LogP contribution in [0.25, 0.3) is 0 Å². The van der Waals surface area contributed by atoms with Crippen LogP contribution in [0.5, 0.6) is 0 Å². The molecule has 5 nitrogen and oxygen atoms in total. The maximum Gasteiger partial charge on any atom is 0.253 e. The highest BCUT2D eigenvalue weighted by Gasteiger charge is 2.23. The molecule has 0 spiro atoms. The van der Waals surface area contributed by atoms with Crippen molar-refractivity contribution in [3.8, 4) is 0 Å². The molecule has 1 aromatic rings. The molecule has 0 aliphatic carbocycles. The molecule has 0 radical (unpaired) electrons. The van der Waals surface area contributed by atoms with Gasteiger partial charge in [0.1, 0.15) is 0 Å². The summed E-state index contributed by atoms with van der Waals surface area (Å²) in [6.45, 7) is 3.90. The van der Waals surface area contributed by atoms with Gasteiger partial charge in [0, 0.05) is 24.7 Å². The van der Waals surface area contributed by atoms with Crippen molar-refractivity contribution in [1.29, 1.82) is 0 Å². The van der Waals surface area contributed by atoms with Crippen molar-refractivity contribution < 1.29 is 8.42 Å². The van der Waals surface area contributed by atoms with Crippen molar-refractivity contribution in [2.45, 2.75) is 37.6 Å². The molecule has 0 unspecified atom stereocenters. The number of piperidine rings is 1. The van der Waals surface area contributed by atoms with Crippen LogP contribution >= 0.6 is 11.6 Å². The largest absolute Gasteiger partial charge is 0.316 e. The van der Waals surface area contributed by atoms with E-state index in [1.54, 1.807) is 11.1 Å². The Morgan fingerprint density at radius 2 is 1.90 bits per heavy atom. The first-order valence-electron chi connectivity index (χ1n) is 7.15. The fourth-order valence-corrected chi connectivity index (χ4v) is 4.31. The second kappa shape index (κ2) is 7.07. The molecule has 1 saturated heterocycles. The quantitative estimate of drug-likeness (QED) is 0.867. The lowest BCUT2D eigenvalue weighted by molar-refractivity contribution is 0.200. The Hall–Kier alpha value is -0.660. The van der Waals surface area contributed by atoms with Crippen LogP contribution in [0, 0.1) is 6.92 Å². The maximum absolute atomic E-state index is 12.6. The van der Waals surface area contributed by atoms with Gasteiger partial charge in [-0.15, -0.1) is 4.83 Å². The molecule has 0 amide bonds. The number of nitrogens with one attached hydrogen (secondary N) is 2. The lowest BCUT2D eigenvalue weighted by atomic mass is 10.1. The second-order valence-corrected chi connectivity index (χ2v) is 7.43. The number of rotatable bonds is 5. The van der Waals surface area contributed by atoms with Gasteiger partial charge in [0.25, 0.3) is 10.0 Å². The molecule has 0 saturated carbocycles. The Kier molecular flexibility index (Phi) is 5.62. The Morgan fingerprint density at radius 3 is 2.52 bits per heavy atom. The predicted molar refractivity (Wildman–Crippen MR) is 84.7 cm³/mol. The molecular weight excluding hydrogens is 310 g/mol. The standard InChI is InChI=1S/C14H22ClN3O2S/c1-11-12(10-16-2)8-13(15)9-14(11)21(19,20)17-18-6-4-3-5-7-18/h8-9,16-17H,3-7,10H2,1-2H3. The van der Waals surface area contributed by atoms with Gasteiger partial charge < -0.3 is 5.32 Å². The first-order chi connectivity index (χ1) is 9.94. The molecule has 1 fully saturated rings. The van der Waals surface area contributed by atoms with Gasteiger partial charge in [-0.3, -0.25) is 0 Å². The topological polar surface area (TPSA) is 61.4 Å². The summed E-state index contributed by atoms with van der Waals surface area (Å²) < 4.78 is 25.2. The van der Waals surface area contributed by atoms with Crippen LogP contribution in [0.4, 0.5) is 0 Å². The number of benzene rings is 1. The zero-order valence-electron chi connectivity index (χ0n) is 12.4. The zero-order valence-corrected chi connectivity index (χ0v) is 14.0. The molecule has 2 rings (SSSR count). The third-order valence-electron chi connectivity index (χ3n) is 3.69. The minimum absolute atomic E-state index is 0.255. The highest BCUT2D eigenvalue weighted by molar-refractivity contribution is 7.89. The van der Waals surface area contributed by atoms with E-state index in [0.29, 0.717) is 11.6 Å². The number of halogens is 1. The van der Waals surface area contributed by atoms with Gasteiger partial charge in [-0.25, -0.2) is 13.4 Å². The molecule has 1 heterocycles. The van der Waals surface area contributed by atoms with Gasteiger partial charge in [0.2, 0.25) is 0 Å².